The number of amides is 1. The quantitative estimate of drug-likeness (QED) is 0.465. The standard InChI is InChI=1S/C17H16FN3O5/c1-10-3-5-15(13(18)7-10)20-16(22)9-26-17(23)12-8-11(21(24)25)4-6-14(12)19-2/h3-8,19H,9H2,1-2H3,(H,20,22). The highest BCUT2D eigenvalue weighted by atomic mass is 19.1. The van der Waals surface area contributed by atoms with Gasteiger partial charge in [0.1, 0.15) is 5.82 Å². The van der Waals surface area contributed by atoms with Gasteiger partial charge in [-0.3, -0.25) is 14.9 Å². The smallest absolute Gasteiger partial charge is 0.341 e. The molecule has 1 amide bonds. The van der Waals surface area contributed by atoms with E-state index in [2.05, 4.69) is 10.6 Å². The maximum atomic E-state index is 13.7. The van der Waals surface area contributed by atoms with E-state index < -0.39 is 29.2 Å². The number of hydrogen-bond acceptors (Lipinski definition) is 6. The van der Waals surface area contributed by atoms with Crippen molar-refractivity contribution in [2.45, 2.75) is 6.92 Å². The average Bonchev–Trinajstić information content (AvgIpc) is 2.61. The summed E-state index contributed by atoms with van der Waals surface area (Å²) in [4.78, 5) is 34.1. The first kappa shape index (κ1) is 18.8. The summed E-state index contributed by atoms with van der Waals surface area (Å²) in [5, 5.41) is 15.8. The Morgan fingerprint density at radius 1 is 1.19 bits per heavy atom. The number of benzene rings is 2. The number of aryl methyl sites for hydroxylation is 1. The summed E-state index contributed by atoms with van der Waals surface area (Å²) in [7, 11) is 1.53. The van der Waals surface area contributed by atoms with Crippen molar-refractivity contribution >= 4 is 28.9 Å². The van der Waals surface area contributed by atoms with E-state index in [0.29, 0.717) is 11.3 Å². The molecule has 0 unspecified atom stereocenters. The van der Waals surface area contributed by atoms with Crippen molar-refractivity contribution in [2.24, 2.45) is 0 Å². The molecule has 2 rings (SSSR count). The van der Waals surface area contributed by atoms with Crippen LogP contribution < -0.4 is 10.6 Å². The summed E-state index contributed by atoms with van der Waals surface area (Å²) < 4.78 is 18.6. The third-order valence-corrected chi connectivity index (χ3v) is 3.44. The second kappa shape index (κ2) is 8.06. The average molecular weight is 361 g/mol. The Balaban J connectivity index is 2.05. The Morgan fingerprint density at radius 3 is 2.50 bits per heavy atom. The van der Waals surface area contributed by atoms with Crippen LogP contribution in [0.4, 0.5) is 21.5 Å². The number of nitro groups is 1. The number of anilines is 2. The third-order valence-electron chi connectivity index (χ3n) is 3.44. The van der Waals surface area contributed by atoms with Gasteiger partial charge in [-0.25, -0.2) is 9.18 Å². The molecule has 0 aliphatic heterocycles. The molecule has 0 saturated heterocycles. The topological polar surface area (TPSA) is 111 Å². The van der Waals surface area contributed by atoms with E-state index >= 15 is 0 Å². The molecule has 0 saturated carbocycles. The second-order valence-electron chi connectivity index (χ2n) is 5.34. The summed E-state index contributed by atoms with van der Waals surface area (Å²) in [5.74, 6) is -2.27. The minimum absolute atomic E-state index is 0.0390. The molecule has 2 aromatic rings. The predicted molar refractivity (Wildman–Crippen MR) is 92.7 cm³/mol. The molecule has 2 aromatic carbocycles. The lowest BCUT2D eigenvalue weighted by molar-refractivity contribution is -0.384. The molecule has 0 atom stereocenters. The largest absolute Gasteiger partial charge is 0.452 e. The van der Waals surface area contributed by atoms with E-state index in [-0.39, 0.29) is 16.9 Å². The highest BCUT2D eigenvalue weighted by Crippen LogP contribution is 2.22. The Hall–Kier alpha value is -3.49. The molecule has 0 aliphatic rings. The summed E-state index contributed by atoms with van der Waals surface area (Å²) in [5.41, 5.74) is 0.587. The van der Waals surface area contributed by atoms with Gasteiger partial charge >= 0.3 is 5.97 Å². The van der Waals surface area contributed by atoms with Gasteiger partial charge in [0.05, 0.1) is 16.2 Å². The first-order valence-electron chi connectivity index (χ1n) is 7.51. The maximum Gasteiger partial charge on any atom is 0.341 e. The van der Waals surface area contributed by atoms with Crippen LogP contribution in [0.2, 0.25) is 0 Å². The van der Waals surface area contributed by atoms with E-state index in [0.717, 1.165) is 6.07 Å². The zero-order chi connectivity index (χ0) is 19.3. The maximum absolute atomic E-state index is 13.7. The minimum atomic E-state index is -0.919. The Bertz CT molecular complexity index is 869. The molecule has 0 aromatic heterocycles. The van der Waals surface area contributed by atoms with Gasteiger partial charge in [0.25, 0.3) is 11.6 Å². The molecular formula is C17H16FN3O5. The highest BCUT2D eigenvalue weighted by Gasteiger charge is 2.19. The summed E-state index contributed by atoms with van der Waals surface area (Å²) in [6, 6.07) is 7.90. The summed E-state index contributed by atoms with van der Waals surface area (Å²) in [6.07, 6.45) is 0. The number of carbonyl (C=O) groups excluding carboxylic acids is 2. The minimum Gasteiger partial charge on any atom is -0.452 e. The number of ether oxygens (including phenoxy) is 1. The number of esters is 1. The second-order valence-corrected chi connectivity index (χ2v) is 5.34. The molecule has 2 N–H and O–H groups in total. The van der Waals surface area contributed by atoms with Crippen LogP contribution in [0.5, 0.6) is 0 Å². The number of rotatable bonds is 6. The van der Waals surface area contributed by atoms with Crippen LogP contribution in [0.15, 0.2) is 36.4 Å². The van der Waals surface area contributed by atoms with Gasteiger partial charge in [-0.2, -0.15) is 0 Å². The van der Waals surface area contributed by atoms with E-state index in [4.69, 9.17) is 4.74 Å². The SMILES string of the molecule is CNc1ccc([N+](=O)[O-])cc1C(=O)OCC(=O)Nc1ccc(C)cc1F. The first-order valence-corrected chi connectivity index (χ1v) is 7.51. The molecular weight excluding hydrogens is 345 g/mol. The van der Waals surface area contributed by atoms with E-state index in [1.54, 1.807) is 13.0 Å². The molecule has 0 fully saturated rings. The first-order chi connectivity index (χ1) is 12.3. The van der Waals surface area contributed by atoms with Crippen LogP contribution in [0.1, 0.15) is 15.9 Å². The third kappa shape index (κ3) is 4.53. The molecule has 9 heteroatoms. The van der Waals surface area contributed by atoms with Crippen molar-refractivity contribution in [3.63, 3.8) is 0 Å². The van der Waals surface area contributed by atoms with Crippen LogP contribution in [0, 0.1) is 22.9 Å². The molecule has 8 nitrogen and oxygen atoms in total. The molecule has 0 aliphatic carbocycles. The van der Waals surface area contributed by atoms with Crippen molar-refractivity contribution in [2.75, 3.05) is 24.3 Å². The molecule has 0 spiro atoms. The predicted octanol–water partition coefficient (Wildman–Crippen LogP) is 2.88. The zero-order valence-electron chi connectivity index (χ0n) is 14.0. The molecule has 0 radical (unpaired) electrons. The lowest BCUT2D eigenvalue weighted by atomic mass is 10.1. The lowest BCUT2D eigenvalue weighted by Gasteiger charge is -2.10. The van der Waals surface area contributed by atoms with Crippen molar-refractivity contribution in [3.05, 3.63) is 63.5 Å². The highest BCUT2D eigenvalue weighted by molar-refractivity contribution is 5.99. The van der Waals surface area contributed by atoms with Gasteiger partial charge < -0.3 is 15.4 Å². The van der Waals surface area contributed by atoms with E-state index in [1.807, 2.05) is 0 Å². The van der Waals surface area contributed by atoms with Gasteiger partial charge in [0, 0.05) is 24.9 Å². The van der Waals surface area contributed by atoms with Crippen LogP contribution >= 0.6 is 0 Å². The van der Waals surface area contributed by atoms with Crippen LogP contribution in [-0.4, -0.2) is 30.5 Å². The van der Waals surface area contributed by atoms with Crippen molar-refractivity contribution in [3.8, 4) is 0 Å². The van der Waals surface area contributed by atoms with Gasteiger partial charge in [-0.1, -0.05) is 6.07 Å². The van der Waals surface area contributed by atoms with Gasteiger partial charge in [-0.05, 0) is 30.7 Å². The van der Waals surface area contributed by atoms with Crippen LogP contribution in [0.3, 0.4) is 0 Å². The number of carbonyl (C=O) groups is 2. The Morgan fingerprint density at radius 2 is 1.88 bits per heavy atom. The van der Waals surface area contributed by atoms with Gasteiger partial charge in [0.15, 0.2) is 6.61 Å². The van der Waals surface area contributed by atoms with E-state index in [1.165, 1.54) is 31.3 Å². The number of halogens is 1. The van der Waals surface area contributed by atoms with Crippen molar-refractivity contribution in [1.82, 2.24) is 0 Å². The van der Waals surface area contributed by atoms with Crippen molar-refractivity contribution < 1.29 is 23.6 Å². The Labute approximate surface area is 148 Å². The van der Waals surface area contributed by atoms with Gasteiger partial charge in [0.2, 0.25) is 0 Å². The number of non-ortho nitro benzene ring substituents is 1. The van der Waals surface area contributed by atoms with Crippen molar-refractivity contribution in [1.29, 1.82) is 0 Å². The Kier molecular flexibility index (Phi) is 5.84. The summed E-state index contributed by atoms with van der Waals surface area (Å²) >= 11 is 0. The molecule has 0 heterocycles. The van der Waals surface area contributed by atoms with Crippen LogP contribution in [0.25, 0.3) is 0 Å². The molecule has 136 valence electrons. The number of hydrogen-bond donors (Lipinski definition) is 2. The number of nitro benzene ring substituents is 1. The normalized spacial score (nSPS) is 10.1. The molecule has 26 heavy (non-hydrogen) atoms. The monoisotopic (exact) mass is 361 g/mol. The fourth-order valence-electron chi connectivity index (χ4n) is 2.15. The number of nitrogens with one attached hydrogen (secondary N) is 2. The van der Waals surface area contributed by atoms with Gasteiger partial charge in [-0.15, -0.1) is 0 Å². The molecule has 0 bridgehead atoms. The summed E-state index contributed by atoms with van der Waals surface area (Å²) in [6.45, 7) is 1.03. The van der Waals surface area contributed by atoms with Crippen LogP contribution in [-0.2, 0) is 9.53 Å². The fourth-order valence-corrected chi connectivity index (χ4v) is 2.15. The zero-order valence-corrected chi connectivity index (χ0v) is 14.0. The van der Waals surface area contributed by atoms with E-state index in [9.17, 15) is 24.1 Å². The lowest BCUT2D eigenvalue weighted by Crippen LogP contribution is -2.22. The fraction of sp³-hybridized carbons (Fsp3) is 0.176. The number of nitrogens with zero attached hydrogens (tertiary/aromatic N) is 1.